The second-order valence-electron chi connectivity index (χ2n) is 9.27. The van der Waals surface area contributed by atoms with Crippen LogP contribution in [0.1, 0.15) is 39.0 Å². The van der Waals surface area contributed by atoms with Crippen LogP contribution in [-0.2, 0) is 21.2 Å². The highest BCUT2D eigenvalue weighted by atomic mass is 32.2. The zero-order valence-corrected chi connectivity index (χ0v) is 20.6. The highest BCUT2D eigenvalue weighted by Gasteiger charge is 2.43. The number of ether oxygens (including phenoxy) is 1. The summed E-state index contributed by atoms with van der Waals surface area (Å²) in [5.41, 5.74) is 1.86. The fourth-order valence-electron chi connectivity index (χ4n) is 4.11. The summed E-state index contributed by atoms with van der Waals surface area (Å²) in [6.45, 7) is 1.46. The number of sulfone groups is 1. The minimum atomic E-state index is -3.89. The number of carbonyl (C=O) groups excluding carboxylic acids is 1. The van der Waals surface area contributed by atoms with Gasteiger partial charge in [-0.25, -0.2) is 18.3 Å². The van der Waals surface area contributed by atoms with E-state index in [-0.39, 0.29) is 30.7 Å². The summed E-state index contributed by atoms with van der Waals surface area (Å²) >= 11 is 0. The number of aromatic nitrogens is 1. The van der Waals surface area contributed by atoms with E-state index in [9.17, 15) is 27.5 Å². The number of hydroxylamine groups is 1. The number of hydrogen-bond donors (Lipinski definition) is 3. The first-order valence-electron chi connectivity index (χ1n) is 11.4. The lowest BCUT2D eigenvalue weighted by molar-refractivity contribution is -0.131. The van der Waals surface area contributed by atoms with E-state index in [2.05, 4.69) is 0 Å². The van der Waals surface area contributed by atoms with Crippen LogP contribution in [0.5, 0.6) is 5.75 Å². The first-order chi connectivity index (χ1) is 16.4. The summed E-state index contributed by atoms with van der Waals surface area (Å²) in [4.78, 5) is 24.6. The fraction of sp³-hybridized carbons (Fsp3) is 0.500. The number of amides is 1. The van der Waals surface area contributed by atoms with Crippen LogP contribution >= 0.6 is 0 Å². The Bertz CT molecular complexity index is 1220. The molecule has 1 saturated carbocycles. The average Bonchev–Trinajstić information content (AvgIpc) is 2.82. The first-order valence-corrected chi connectivity index (χ1v) is 13.3. The lowest BCUT2D eigenvalue weighted by atomic mass is 9.88. The molecule has 9 nitrogen and oxygen atoms in total. The monoisotopic (exact) mass is 510 g/mol. The SMILES string of the molecule is C[C@@](CCn1ccc(-c2ccc(OC[C@H]3CC[C@@H](O)CC3)c(F)c2)cc1=O)(C(=O)NO)S(C)(=O)=O. The Hall–Kier alpha value is -2.76. The van der Waals surface area contributed by atoms with E-state index in [4.69, 9.17) is 9.94 Å². The molecule has 1 aliphatic carbocycles. The van der Waals surface area contributed by atoms with Crippen molar-refractivity contribution in [3.05, 3.63) is 52.7 Å². The molecule has 1 aromatic carbocycles. The number of aryl methyl sites for hydroxylation is 1. The van der Waals surface area contributed by atoms with E-state index >= 15 is 0 Å². The van der Waals surface area contributed by atoms with Gasteiger partial charge in [0, 0.05) is 25.1 Å². The van der Waals surface area contributed by atoms with E-state index in [0.29, 0.717) is 17.7 Å². The molecule has 11 heteroatoms. The molecule has 1 aromatic heterocycles. The molecule has 0 aliphatic heterocycles. The third-order valence-corrected chi connectivity index (χ3v) is 8.81. The van der Waals surface area contributed by atoms with Crippen LogP contribution in [0.25, 0.3) is 11.1 Å². The third-order valence-electron chi connectivity index (χ3n) is 6.78. The highest BCUT2D eigenvalue weighted by molar-refractivity contribution is 7.92. The number of halogens is 1. The molecule has 0 saturated heterocycles. The molecule has 1 heterocycles. The van der Waals surface area contributed by atoms with Crippen molar-refractivity contribution < 1.29 is 32.7 Å². The van der Waals surface area contributed by atoms with Crippen molar-refractivity contribution in [3.8, 4) is 16.9 Å². The van der Waals surface area contributed by atoms with Gasteiger partial charge in [-0.15, -0.1) is 0 Å². The Balaban J connectivity index is 1.69. The van der Waals surface area contributed by atoms with Crippen molar-refractivity contribution in [2.75, 3.05) is 12.9 Å². The van der Waals surface area contributed by atoms with Crippen LogP contribution in [0, 0.1) is 11.7 Å². The zero-order valence-electron chi connectivity index (χ0n) is 19.7. The van der Waals surface area contributed by atoms with Gasteiger partial charge >= 0.3 is 0 Å². The quantitative estimate of drug-likeness (QED) is 0.348. The maximum atomic E-state index is 14.6. The van der Waals surface area contributed by atoms with E-state index in [1.807, 2.05) is 0 Å². The molecular weight excluding hydrogens is 479 g/mol. The maximum absolute atomic E-state index is 14.6. The normalized spacial score (nSPS) is 20.1. The van der Waals surface area contributed by atoms with Gasteiger partial charge in [0.25, 0.3) is 11.5 Å². The van der Waals surface area contributed by atoms with Crippen molar-refractivity contribution >= 4 is 15.7 Å². The number of carbonyl (C=O) groups is 1. The Morgan fingerprint density at radius 1 is 1.20 bits per heavy atom. The molecule has 3 rings (SSSR count). The molecular formula is C24H31FN2O7S. The summed E-state index contributed by atoms with van der Waals surface area (Å²) in [6, 6.07) is 7.33. The van der Waals surface area contributed by atoms with Crippen molar-refractivity contribution in [2.45, 2.75) is 56.4 Å². The smallest absolute Gasteiger partial charge is 0.264 e. The van der Waals surface area contributed by atoms with Crippen molar-refractivity contribution in [2.24, 2.45) is 5.92 Å². The van der Waals surface area contributed by atoms with Crippen LogP contribution in [0.2, 0.25) is 0 Å². The van der Waals surface area contributed by atoms with E-state index in [1.165, 1.54) is 41.4 Å². The number of pyridine rings is 1. The standard InChI is InChI=1S/C24H31FN2O7S/c1-24(23(30)26-31,35(2,32)33)10-12-27-11-9-18(14-22(27)29)17-5-8-21(20(25)13-17)34-15-16-3-6-19(28)7-4-16/h5,8-9,11,13-14,16,19,28,31H,3-4,6-7,10,12,15H2,1-2H3,(H,26,30)/t16-,19+,24-/m1/s1. The molecule has 0 unspecified atom stereocenters. The van der Waals surface area contributed by atoms with E-state index in [0.717, 1.165) is 31.9 Å². The van der Waals surface area contributed by atoms with Crippen molar-refractivity contribution in [3.63, 3.8) is 0 Å². The van der Waals surface area contributed by atoms with Gasteiger partial charge in [0.2, 0.25) is 0 Å². The fourth-order valence-corrected chi connectivity index (χ4v) is 4.95. The average molecular weight is 511 g/mol. The van der Waals surface area contributed by atoms with Gasteiger partial charge in [-0.1, -0.05) is 6.07 Å². The van der Waals surface area contributed by atoms with Gasteiger partial charge in [-0.3, -0.25) is 14.8 Å². The number of hydrogen-bond acceptors (Lipinski definition) is 7. The predicted octanol–water partition coefficient (Wildman–Crippen LogP) is 2.28. The first kappa shape index (κ1) is 26.8. The van der Waals surface area contributed by atoms with Crippen molar-refractivity contribution in [1.82, 2.24) is 10.0 Å². The van der Waals surface area contributed by atoms with Gasteiger partial charge in [-0.05, 0) is 74.3 Å². The van der Waals surface area contributed by atoms with Gasteiger partial charge < -0.3 is 14.4 Å². The summed E-state index contributed by atoms with van der Waals surface area (Å²) in [5, 5.41) is 18.5. The second kappa shape index (κ2) is 10.9. The minimum absolute atomic E-state index is 0.0879. The van der Waals surface area contributed by atoms with E-state index in [1.54, 1.807) is 12.1 Å². The summed E-state index contributed by atoms with van der Waals surface area (Å²) in [7, 11) is -3.89. The van der Waals surface area contributed by atoms with Gasteiger partial charge in [-0.2, -0.15) is 0 Å². The molecule has 1 fully saturated rings. The van der Waals surface area contributed by atoms with Crippen LogP contribution < -0.4 is 15.8 Å². The third kappa shape index (κ3) is 6.28. The Labute approximate surface area is 203 Å². The predicted molar refractivity (Wildman–Crippen MR) is 127 cm³/mol. The Kier molecular flexibility index (Phi) is 8.34. The molecule has 1 atom stereocenters. The topological polar surface area (TPSA) is 135 Å². The van der Waals surface area contributed by atoms with E-state index < -0.39 is 31.9 Å². The molecule has 35 heavy (non-hydrogen) atoms. The summed E-state index contributed by atoms with van der Waals surface area (Å²) in [5.74, 6) is -1.24. The molecule has 0 radical (unpaired) electrons. The van der Waals surface area contributed by atoms with Gasteiger partial charge in [0.15, 0.2) is 26.2 Å². The number of rotatable bonds is 9. The van der Waals surface area contributed by atoms with Crippen LogP contribution in [0.4, 0.5) is 4.39 Å². The lowest BCUT2D eigenvalue weighted by Gasteiger charge is -2.25. The number of aliphatic hydroxyl groups excluding tert-OH is 1. The molecule has 192 valence electrons. The molecule has 2 aromatic rings. The second-order valence-corrected chi connectivity index (χ2v) is 11.7. The molecule has 0 bridgehead atoms. The highest BCUT2D eigenvalue weighted by Crippen LogP contribution is 2.28. The van der Waals surface area contributed by atoms with Gasteiger partial charge in [0.1, 0.15) is 0 Å². The van der Waals surface area contributed by atoms with Crippen LogP contribution in [0.15, 0.2) is 41.3 Å². The number of benzene rings is 1. The van der Waals surface area contributed by atoms with Gasteiger partial charge in [0.05, 0.1) is 12.7 Å². The van der Waals surface area contributed by atoms with Crippen LogP contribution in [-0.4, -0.2) is 52.9 Å². The largest absolute Gasteiger partial charge is 0.490 e. The maximum Gasteiger partial charge on any atom is 0.264 e. The molecule has 0 spiro atoms. The van der Waals surface area contributed by atoms with Crippen LogP contribution in [0.3, 0.4) is 0 Å². The lowest BCUT2D eigenvalue weighted by Crippen LogP contribution is -2.49. The number of nitrogens with one attached hydrogen (secondary N) is 1. The van der Waals surface area contributed by atoms with Crippen molar-refractivity contribution in [1.29, 1.82) is 0 Å². The number of aliphatic hydroxyl groups is 1. The summed E-state index contributed by atoms with van der Waals surface area (Å²) in [6.07, 6.45) is 4.95. The Morgan fingerprint density at radius 2 is 1.86 bits per heavy atom. The summed E-state index contributed by atoms with van der Waals surface area (Å²) < 4.78 is 43.8. The Morgan fingerprint density at radius 3 is 2.43 bits per heavy atom. The zero-order chi connectivity index (χ0) is 25.8. The molecule has 3 N–H and O–H groups in total. The molecule has 1 amide bonds. The molecule has 1 aliphatic rings. The number of nitrogens with zero attached hydrogens (tertiary/aromatic N) is 1. The minimum Gasteiger partial charge on any atom is -0.490 e.